The van der Waals surface area contributed by atoms with Gasteiger partial charge in [-0.2, -0.15) is 5.09 Å². The highest BCUT2D eigenvalue weighted by Gasteiger charge is 2.34. The Morgan fingerprint density at radius 2 is 1.62 bits per heavy atom. The molecule has 0 aliphatic heterocycles. The summed E-state index contributed by atoms with van der Waals surface area (Å²) in [6.07, 6.45) is 2.18. The number of imidazole rings is 1. The molecule has 48 heavy (non-hydrogen) atoms. The number of amides is 1. The molecule has 2 heterocycles. The maximum atomic E-state index is 14.1. The predicted molar refractivity (Wildman–Crippen MR) is 176 cm³/mol. The van der Waals surface area contributed by atoms with Gasteiger partial charge in [0.05, 0.1) is 25.0 Å². The van der Waals surface area contributed by atoms with Crippen molar-refractivity contribution in [2.24, 2.45) is 5.73 Å². The number of nitrogens with one attached hydrogen (secondary N) is 2. The molecule has 4 N–H and O–H groups in total. The van der Waals surface area contributed by atoms with Crippen LogP contribution in [0.4, 0.5) is 10.2 Å². The highest BCUT2D eigenvalue weighted by molar-refractivity contribution is 7.52. The molecule has 1 amide bonds. The fraction of sp³-hybridized carbons (Fsp3) is 0.242. The molecule has 5 rings (SSSR count). The Bertz CT molecular complexity index is 1880. The van der Waals surface area contributed by atoms with Gasteiger partial charge in [0.1, 0.15) is 30.5 Å². The van der Waals surface area contributed by atoms with Crippen LogP contribution in [0.15, 0.2) is 97.6 Å². The van der Waals surface area contributed by atoms with Gasteiger partial charge >= 0.3 is 13.7 Å². The van der Waals surface area contributed by atoms with Crippen LogP contribution in [0.2, 0.25) is 0 Å². The largest absolute Gasteiger partial charge is 0.460 e. The first-order chi connectivity index (χ1) is 23.1. The van der Waals surface area contributed by atoms with Gasteiger partial charge in [0, 0.05) is 0 Å². The molecule has 3 unspecified atom stereocenters. The minimum absolute atomic E-state index is 0.0466. The van der Waals surface area contributed by atoms with Crippen molar-refractivity contribution in [1.82, 2.24) is 24.6 Å². The number of fused-ring (bicyclic) bond motifs is 1. The minimum Gasteiger partial charge on any atom is -0.460 e. The third-order valence-electron chi connectivity index (χ3n) is 7.02. The Kier molecular flexibility index (Phi) is 11.2. The Morgan fingerprint density at radius 1 is 0.938 bits per heavy atom. The summed E-state index contributed by atoms with van der Waals surface area (Å²) >= 11 is 0. The summed E-state index contributed by atoms with van der Waals surface area (Å²) in [4.78, 5) is 38.5. The van der Waals surface area contributed by atoms with Gasteiger partial charge in [-0.1, -0.05) is 60.7 Å². The summed E-state index contributed by atoms with van der Waals surface area (Å²) < 4.78 is 46.1. The van der Waals surface area contributed by atoms with Gasteiger partial charge in [-0.3, -0.25) is 14.1 Å². The SMILES string of the molecule is CC(NP(=O)(Oc1ccccc1)O[C@H](C)Cn1cnc2c(NC(=O)C(N)Cc3ccc(F)cc3)ncnc21)C(=O)OCc1ccccc1. The van der Waals surface area contributed by atoms with E-state index in [0.717, 1.165) is 5.56 Å². The Hall–Kier alpha value is -5.01. The van der Waals surface area contributed by atoms with Crippen LogP contribution in [0.3, 0.4) is 0 Å². The van der Waals surface area contributed by atoms with E-state index in [1.807, 2.05) is 30.3 Å². The lowest BCUT2D eigenvalue weighted by Gasteiger charge is -2.25. The third-order valence-corrected chi connectivity index (χ3v) is 8.81. The standard InChI is InChI=1S/C33H35FN7O6P/c1-22(46-48(44,47-27-11-7-4-8-12-27)40-23(2)33(43)45-19-25-9-5-3-6-10-25)18-41-21-38-29-30(36-20-37-31(29)41)39-32(42)28(35)17-24-13-15-26(34)16-14-24/h3-16,20-23,28H,17-19,35H2,1-2H3,(H,40,44)(H,36,37,39,42)/t22-,23?,28?,48?/m1/s1. The van der Waals surface area contributed by atoms with Crippen molar-refractivity contribution in [3.63, 3.8) is 0 Å². The summed E-state index contributed by atoms with van der Waals surface area (Å²) in [5.41, 5.74) is 8.26. The lowest BCUT2D eigenvalue weighted by atomic mass is 10.1. The average Bonchev–Trinajstić information content (AvgIpc) is 3.48. The van der Waals surface area contributed by atoms with E-state index in [1.165, 1.54) is 31.7 Å². The van der Waals surface area contributed by atoms with E-state index >= 15 is 0 Å². The lowest BCUT2D eigenvalue weighted by Crippen LogP contribution is -2.37. The smallest absolute Gasteiger partial charge is 0.459 e. The van der Waals surface area contributed by atoms with E-state index in [0.29, 0.717) is 16.7 Å². The molecule has 0 saturated carbocycles. The number of esters is 1. The zero-order chi connectivity index (χ0) is 34.1. The van der Waals surface area contributed by atoms with Gasteiger partial charge in [0.15, 0.2) is 17.0 Å². The maximum absolute atomic E-state index is 14.1. The molecule has 5 aromatic rings. The molecule has 15 heteroatoms. The van der Waals surface area contributed by atoms with Crippen LogP contribution in [0.25, 0.3) is 11.2 Å². The number of hydrogen-bond acceptors (Lipinski definition) is 10. The number of ether oxygens (including phenoxy) is 1. The molecule has 0 saturated heterocycles. The number of carbonyl (C=O) groups is 2. The number of anilines is 1. The van der Waals surface area contributed by atoms with E-state index in [9.17, 15) is 18.5 Å². The zero-order valence-electron chi connectivity index (χ0n) is 26.2. The van der Waals surface area contributed by atoms with Crippen molar-refractivity contribution in [2.75, 3.05) is 5.32 Å². The second kappa shape index (κ2) is 15.7. The van der Waals surface area contributed by atoms with Crippen LogP contribution in [-0.4, -0.2) is 49.6 Å². The predicted octanol–water partition coefficient (Wildman–Crippen LogP) is 4.79. The van der Waals surface area contributed by atoms with Gasteiger partial charge in [-0.25, -0.2) is 23.9 Å². The Labute approximate surface area is 276 Å². The van der Waals surface area contributed by atoms with Crippen LogP contribution < -0.4 is 20.7 Å². The Balaban J connectivity index is 1.25. The fourth-order valence-electron chi connectivity index (χ4n) is 4.67. The Morgan fingerprint density at radius 3 is 2.33 bits per heavy atom. The topological polar surface area (TPSA) is 173 Å². The highest BCUT2D eigenvalue weighted by Crippen LogP contribution is 2.46. The molecular weight excluding hydrogens is 640 g/mol. The van der Waals surface area contributed by atoms with Gasteiger partial charge in [-0.05, 0) is 55.7 Å². The molecule has 3 aromatic carbocycles. The van der Waals surface area contributed by atoms with Gasteiger partial charge < -0.3 is 24.9 Å². The van der Waals surface area contributed by atoms with E-state index < -0.39 is 37.8 Å². The van der Waals surface area contributed by atoms with Crippen LogP contribution in [0, 0.1) is 5.82 Å². The second-order valence-corrected chi connectivity index (χ2v) is 12.6. The number of para-hydroxylation sites is 1. The summed E-state index contributed by atoms with van der Waals surface area (Å²) in [6, 6.07) is 21.4. The average molecular weight is 676 g/mol. The van der Waals surface area contributed by atoms with Crippen molar-refractivity contribution < 1.29 is 32.3 Å². The van der Waals surface area contributed by atoms with Gasteiger partial charge in [0.2, 0.25) is 5.91 Å². The molecule has 2 aromatic heterocycles. The molecule has 0 fully saturated rings. The van der Waals surface area contributed by atoms with Crippen LogP contribution in [0.1, 0.15) is 25.0 Å². The maximum Gasteiger partial charge on any atom is 0.459 e. The number of rotatable bonds is 15. The number of aromatic nitrogens is 4. The summed E-state index contributed by atoms with van der Waals surface area (Å²) in [7, 11) is -4.16. The normalized spacial score (nSPS) is 14.4. The van der Waals surface area contributed by atoms with Crippen LogP contribution in [0.5, 0.6) is 5.75 Å². The summed E-state index contributed by atoms with van der Waals surface area (Å²) in [5.74, 6) is -1.12. The number of nitrogens with two attached hydrogens (primary N) is 1. The number of nitrogens with zero attached hydrogens (tertiary/aromatic N) is 4. The van der Waals surface area contributed by atoms with Crippen molar-refractivity contribution >= 4 is 36.6 Å². The third kappa shape index (κ3) is 9.29. The fourth-order valence-corrected chi connectivity index (χ4v) is 6.35. The quantitative estimate of drug-likeness (QED) is 0.103. The summed E-state index contributed by atoms with van der Waals surface area (Å²) in [6.45, 7) is 3.34. The number of benzene rings is 3. The van der Waals surface area contributed by atoms with Crippen molar-refractivity contribution in [2.45, 2.75) is 51.6 Å². The molecular formula is C33H35FN7O6P. The molecule has 4 atom stereocenters. The van der Waals surface area contributed by atoms with E-state index in [1.54, 1.807) is 54.0 Å². The van der Waals surface area contributed by atoms with E-state index in [2.05, 4.69) is 25.4 Å². The number of hydrogen-bond donors (Lipinski definition) is 3. The number of halogens is 1. The number of carbonyl (C=O) groups excluding carboxylic acids is 2. The minimum atomic E-state index is -4.16. The van der Waals surface area contributed by atoms with Crippen molar-refractivity contribution in [3.05, 3.63) is 115 Å². The van der Waals surface area contributed by atoms with Crippen LogP contribution in [-0.2, 0) is 43.0 Å². The second-order valence-electron chi connectivity index (χ2n) is 11.0. The highest BCUT2D eigenvalue weighted by atomic mass is 31.2. The first kappa shape index (κ1) is 34.3. The molecule has 13 nitrogen and oxygen atoms in total. The van der Waals surface area contributed by atoms with Gasteiger partial charge in [0.25, 0.3) is 0 Å². The molecule has 250 valence electrons. The molecule has 0 aliphatic rings. The molecule has 0 bridgehead atoms. The monoisotopic (exact) mass is 675 g/mol. The van der Waals surface area contributed by atoms with E-state index in [-0.39, 0.29) is 37.0 Å². The van der Waals surface area contributed by atoms with E-state index in [4.69, 9.17) is 19.5 Å². The first-order valence-corrected chi connectivity index (χ1v) is 16.6. The first-order valence-electron chi connectivity index (χ1n) is 15.1. The molecule has 0 radical (unpaired) electrons. The van der Waals surface area contributed by atoms with Crippen molar-refractivity contribution in [3.8, 4) is 5.75 Å². The zero-order valence-corrected chi connectivity index (χ0v) is 27.1. The summed E-state index contributed by atoms with van der Waals surface area (Å²) in [5, 5.41) is 5.38. The molecule has 0 aliphatic carbocycles. The van der Waals surface area contributed by atoms with Gasteiger partial charge in [-0.15, -0.1) is 0 Å². The lowest BCUT2D eigenvalue weighted by molar-refractivity contribution is -0.146. The van der Waals surface area contributed by atoms with Crippen molar-refractivity contribution in [1.29, 1.82) is 0 Å². The van der Waals surface area contributed by atoms with Crippen LogP contribution >= 0.6 is 7.75 Å². The molecule has 0 spiro atoms.